The standard InChI is InChI=1S/C18H21NO3/c1-19-8-7-18-11-4-5-13(20)17(18)22-16-14(21-2)6-3-10(15(16)18)9-12(11)19/h3-6,11-13,17,20H,7-9H2,1-2H3/t11-,12+,13?,17?,18-/m0/s1/i11D,13D. The van der Waals surface area contributed by atoms with E-state index in [1.54, 1.807) is 13.2 Å². The minimum atomic E-state index is -1.84. The highest BCUT2D eigenvalue weighted by Gasteiger charge is 2.64. The third-order valence-corrected chi connectivity index (χ3v) is 5.94. The molecule has 1 aromatic carbocycles. The molecule has 1 saturated heterocycles. The highest BCUT2D eigenvalue weighted by molar-refractivity contribution is 5.62. The molecule has 0 amide bonds. The maximum atomic E-state index is 10.7. The van der Waals surface area contributed by atoms with Crippen molar-refractivity contribution >= 4 is 0 Å². The summed E-state index contributed by atoms with van der Waals surface area (Å²) in [6.07, 6.45) is 2.02. The second kappa shape index (κ2) is 4.06. The number of rotatable bonds is 1. The third-order valence-electron chi connectivity index (χ3n) is 5.94. The number of hydrogen-bond donors (Lipinski definition) is 1. The van der Waals surface area contributed by atoms with Crippen LogP contribution in [0.25, 0.3) is 0 Å². The summed E-state index contributed by atoms with van der Waals surface area (Å²) in [4.78, 5) is 2.24. The lowest BCUT2D eigenvalue weighted by molar-refractivity contribution is -0.0453. The Bertz CT molecular complexity index is 780. The van der Waals surface area contributed by atoms with Crippen LogP contribution in [0.2, 0.25) is 0 Å². The molecule has 0 saturated carbocycles. The summed E-state index contributed by atoms with van der Waals surface area (Å²) in [5.74, 6) is 0.324. The lowest BCUT2D eigenvalue weighted by Gasteiger charge is -2.56. The van der Waals surface area contributed by atoms with Crippen molar-refractivity contribution in [1.82, 2.24) is 4.90 Å². The summed E-state index contributed by atoms with van der Waals surface area (Å²) in [5, 5.41) is 10.7. The molecule has 2 aliphatic carbocycles. The molecule has 5 atom stereocenters. The van der Waals surface area contributed by atoms with Crippen LogP contribution in [0.1, 0.15) is 20.3 Å². The van der Waals surface area contributed by atoms with Crippen LogP contribution < -0.4 is 9.47 Å². The van der Waals surface area contributed by atoms with Crippen molar-refractivity contribution in [2.75, 3.05) is 20.7 Å². The van der Waals surface area contributed by atoms with E-state index in [2.05, 4.69) is 18.0 Å². The first kappa shape index (κ1) is 11.1. The smallest absolute Gasteiger partial charge is 0.165 e. The van der Waals surface area contributed by atoms with Crippen LogP contribution in [0.3, 0.4) is 0 Å². The summed E-state index contributed by atoms with van der Waals surface area (Å²) in [6, 6.07) is 3.96. The molecule has 1 spiro atoms. The normalized spacial score (nSPS) is 49.0. The Kier molecular flexibility index (Phi) is 2.05. The second-order valence-corrected chi connectivity index (χ2v) is 6.76. The molecule has 116 valence electrons. The van der Waals surface area contributed by atoms with Crippen molar-refractivity contribution in [1.29, 1.82) is 0 Å². The van der Waals surface area contributed by atoms with Gasteiger partial charge in [-0.2, -0.15) is 0 Å². The van der Waals surface area contributed by atoms with Crippen LogP contribution >= 0.6 is 0 Å². The quantitative estimate of drug-likeness (QED) is 0.798. The van der Waals surface area contributed by atoms with Gasteiger partial charge in [-0.15, -0.1) is 0 Å². The highest BCUT2D eigenvalue weighted by Crippen LogP contribution is 2.62. The van der Waals surface area contributed by atoms with Crippen molar-refractivity contribution < 1.29 is 17.3 Å². The first-order valence-electron chi connectivity index (χ1n) is 8.85. The number of hydrogen-bond acceptors (Lipinski definition) is 4. The van der Waals surface area contributed by atoms with E-state index in [9.17, 15) is 6.48 Å². The van der Waals surface area contributed by atoms with E-state index in [1.165, 1.54) is 6.08 Å². The van der Waals surface area contributed by atoms with Crippen LogP contribution in [0.15, 0.2) is 24.3 Å². The molecule has 22 heavy (non-hydrogen) atoms. The van der Waals surface area contributed by atoms with E-state index in [1.807, 2.05) is 6.07 Å². The molecule has 1 N–H and O–H groups in total. The number of aliphatic hydroxyl groups is 1. The molecule has 1 fully saturated rings. The van der Waals surface area contributed by atoms with E-state index < -0.39 is 23.5 Å². The van der Waals surface area contributed by atoms with Crippen LogP contribution in [0.4, 0.5) is 0 Å². The minimum Gasteiger partial charge on any atom is -0.493 e. The Labute approximate surface area is 133 Å². The zero-order valence-electron chi connectivity index (χ0n) is 14.8. The summed E-state index contributed by atoms with van der Waals surface area (Å²) in [6.45, 7) is 0.825. The van der Waals surface area contributed by atoms with Crippen LogP contribution in [-0.4, -0.2) is 48.9 Å². The van der Waals surface area contributed by atoms with Gasteiger partial charge in [-0.3, -0.25) is 0 Å². The summed E-state index contributed by atoms with van der Waals surface area (Å²) >= 11 is 0. The maximum Gasteiger partial charge on any atom is 0.165 e. The predicted molar refractivity (Wildman–Crippen MR) is 82.5 cm³/mol. The van der Waals surface area contributed by atoms with E-state index in [4.69, 9.17) is 10.8 Å². The average Bonchev–Trinajstić information content (AvgIpc) is 2.91. The van der Waals surface area contributed by atoms with E-state index in [-0.39, 0.29) is 6.04 Å². The number of methoxy groups -OCH3 is 1. The Morgan fingerprint density at radius 3 is 3.14 bits per heavy atom. The van der Waals surface area contributed by atoms with Gasteiger partial charge in [0.05, 0.1) is 8.48 Å². The highest BCUT2D eigenvalue weighted by atomic mass is 16.5. The number of nitrogens with zero attached hydrogens (tertiary/aromatic N) is 1. The number of piperidine rings is 1. The molecule has 1 aromatic rings. The molecule has 2 aliphatic heterocycles. The fraction of sp³-hybridized carbons (Fsp3) is 0.556. The van der Waals surface area contributed by atoms with Gasteiger partial charge in [0.25, 0.3) is 0 Å². The van der Waals surface area contributed by atoms with Gasteiger partial charge in [-0.25, -0.2) is 0 Å². The second-order valence-electron chi connectivity index (χ2n) is 6.76. The Hall–Kier alpha value is -1.52. The molecular weight excluding hydrogens is 278 g/mol. The van der Waals surface area contributed by atoms with Gasteiger partial charge in [0.1, 0.15) is 12.2 Å². The third kappa shape index (κ3) is 1.28. The summed E-state index contributed by atoms with van der Waals surface area (Å²) in [5.41, 5.74) is 1.44. The fourth-order valence-electron chi connectivity index (χ4n) is 4.94. The van der Waals surface area contributed by atoms with Gasteiger partial charge in [0.15, 0.2) is 11.5 Å². The van der Waals surface area contributed by atoms with Gasteiger partial charge >= 0.3 is 0 Å². The molecule has 2 unspecified atom stereocenters. The number of likely N-dealkylation sites (tertiary alicyclic amines) is 1. The zero-order chi connectivity index (χ0) is 16.9. The average molecular weight is 301 g/mol. The van der Waals surface area contributed by atoms with Crippen LogP contribution in [0.5, 0.6) is 11.5 Å². The summed E-state index contributed by atoms with van der Waals surface area (Å²) in [7, 11) is 3.66. The number of benzene rings is 1. The van der Waals surface area contributed by atoms with Crippen molar-refractivity contribution in [3.63, 3.8) is 0 Å². The Balaban J connectivity index is 1.88. The molecular formula is C18H21NO3. The molecule has 0 radical (unpaired) electrons. The largest absolute Gasteiger partial charge is 0.493 e. The zero-order valence-corrected chi connectivity index (χ0v) is 12.8. The van der Waals surface area contributed by atoms with Crippen molar-refractivity contribution in [3.05, 3.63) is 35.4 Å². The van der Waals surface area contributed by atoms with Gasteiger partial charge in [0, 0.05) is 24.3 Å². The van der Waals surface area contributed by atoms with E-state index >= 15 is 0 Å². The van der Waals surface area contributed by atoms with E-state index in [0.717, 1.165) is 24.1 Å². The van der Waals surface area contributed by atoms with Crippen molar-refractivity contribution in [3.8, 4) is 11.5 Å². The number of ether oxygens (including phenoxy) is 2. The number of likely N-dealkylation sites (N-methyl/N-ethyl adjacent to an activating group) is 1. The van der Waals surface area contributed by atoms with Crippen LogP contribution in [0, 0.1) is 5.89 Å². The molecule has 4 nitrogen and oxygen atoms in total. The van der Waals surface area contributed by atoms with Crippen LogP contribution in [-0.2, 0) is 11.8 Å². The lowest BCUT2D eigenvalue weighted by atomic mass is 9.53. The molecule has 2 heterocycles. The molecule has 5 rings (SSSR count). The molecule has 2 bridgehead atoms. The first-order valence-corrected chi connectivity index (χ1v) is 7.85. The van der Waals surface area contributed by atoms with Crippen molar-refractivity contribution in [2.45, 2.75) is 36.5 Å². The van der Waals surface area contributed by atoms with Gasteiger partial charge < -0.3 is 19.5 Å². The van der Waals surface area contributed by atoms with Gasteiger partial charge in [-0.05, 0) is 38.1 Å². The SMILES string of the molecule is [2H]C1(O)C=C[C@@]2([2H])[C@H]3Cc4ccc(OC)c5c4[C@@]2(CCN3C)C1O5. The molecule has 4 aliphatic rings. The lowest BCUT2D eigenvalue weighted by Crippen LogP contribution is -2.64. The Morgan fingerprint density at radius 2 is 2.32 bits per heavy atom. The van der Waals surface area contributed by atoms with Gasteiger partial charge in [-0.1, -0.05) is 18.2 Å². The predicted octanol–water partition coefficient (Wildman–Crippen LogP) is 1.50. The van der Waals surface area contributed by atoms with Gasteiger partial charge in [0.2, 0.25) is 0 Å². The van der Waals surface area contributed by atoms with E-state index in [0.29, 0.717) is 17.9 Å². The topological polar surface area (TPSA) is 41.9 Å². The molecule has 4 heteroatoms. The molecule has 0 aromatic heterocycles. The summed E-state index contributed by atoms with van der Waals surface area (Å²) < 4.78 is 29.4. The monoisotopic (exact) mass is 301 g/mol. The van der Waals surface area contributed by atoms with Crippen molar-refractivity contribution in [2.24, 2.45) is 5.89 Å². The first-order chi connectivity index (χ1) is 11.3. The fourth-order valence-corrected chi connectivity index (χ4v) is 4.94. The maximum absolute atomic E-state index is 10.7. The Morgan fingerprint density at radius 1 is 1.45 bits per heavy atom. The minimum absolute atomic E-state index is 0.0107.